The predicted octanol–water partition coefficient (Wildman–Crippen LogP) is 5.39. The third kappa shape index (κ3) is 3.06. The lowest BCUT2D eigenvalue weighted by molar-refractivity contribution is -0.117. The molecular formula is C22H19ClN2O. The van der Waals surface area contributed by atoms with Crippen LogP contribution >= 0.6 is 11.6 Å². The Labute approximate surface area is 158 Å². The van der Waals surface area contributed by atoms with Gasteiger partial charge < -0.3 is 10.2 Å². The minimum absolute atomic E-state index is 0.0233. The number of nitrogens with one attached hydrogen (secondary N) is 1. The van der Waals surface area contributed by atoms with Crippen molar-refractivity contribution >= 4 is 34.6 Å². The van der Waals surface area contributed by atoms with Gasteiger partial charge >= 0.3 is 0 Å². The van der Waals surface area contributed by atoms with Crippen LogP contribution in [0.15, 0.2) is 72.8 Å². The van der Waals surface area contributed by atoms with Gasteiger partial charge in [0, 0.05) is 29.1 Å². The minimum atomic E-state index is -0.267. The molecule has 26 heavy (non-hydrogen) atoms. The molecule has 130 valence electrons. The number of fused-ring (bicyclic) bond motifs is 2. The van der Waals surface area contributed by atoms with Crippen LogP contribution in [0.2, 0.25) is 5.02 Å². The Balaban J connectivity index is 1.75. The number of nitrogens with zero attached hydrogens (tertiary/aromatic N) is 1. The summed E-state index contributed by atoms with van der Waals surface area (Å²) in [4.78, 5) is 15.3. The number of benzene rings is 3. The summed E-state index contributed by atoms with van der Waals surface area (Å²) in [6, 6.07) is 23.6. The maximum absolute atomic E-state index is 13.1. The summed E-state index contributed by atoms with van der Waals surface area (Å²) in [5.74, 6) is -0.291. The van der Waals surface area contributed by atoms with E-state index in [-0.39, 0.29) is 11.8 Å². The number of hydrogen-bond donors (Lipinski definition) is 1. The van der Waals surface area contributed by atoms with Gasteiger partial charge in [-0.1, -0.05) is 54.1 Å². The van der Waals surface area contributed by atoms with Gasteiger partial charge in [0.25, 0.3) is 0 Å². The van der Waals surface area contributed by atoms with Gasteiger partial charge in [0.1, 0.15) is 0 Å². The average molecular weight is 363 g/mol. The zero-order valence-electron chi connectivity index (χ0n) is 14.4. The van der Waals surface area contributed by atoms with Crippen molar-refractivity contribution in [3.05, 3.63) is 88.9 Å². The fourth-order valence-electron chi connectivity index (χ4n) is 3.59. The molecule has 0 saturated heterocycles. The molecule has 4 rings (SSSR count). The number of rotatable bonds is 2. The molecule has 0 aliphatic carbocycles. The fourth-order valence-corrected chi connectivity index (χ4v) is 3.78. The van der Waals surface area contributed by atoms with E-state index < -0.39 is 0 Å². The van der Waals surface area contributed by atoms with Crippen LogP contribution in [0.1, 0.15) is 17.0 Å². The molecule has 1 aliphatic heterocycles. The Hall–Kier alpha value is -2.78. The molecule has 4 heteroatoms. The maximum Gasteiger partial charge on any atom is 0.232 e. The SMILES string of the molecule is CN1c2ccccc2C[C@H](C(=O)Nc2cccc(Cl)c2)c2ccccc21. The smallest absolute Gasteiger partial charge is 0.232 e. The normalized spacial score (nSPS) is 15.6. The van der Waals surface area contributed by atoms with Crippen LogP contribution in [0.25, 0.3) is 0 Å². The van der Waals surface area contributed by atoms with Gasteiger partial charge in [-0.05, 0) is 47.9 Å². The molecule has 1 N–H and O–H groups in total. The van der Waals surface area contributed by atoms with Gasteiger partial charge in [0.05, 0.1) is 5.92 Å². The van der Waals surface area contributed by atoms with Crippen LogP contribution in [0.3, 0.4) is 0 Å². The highest BCUT2D eigenvalue weighted by Crippen LogP contribution is 2.40. The second kappa shape index (κ2) is 6.85. The van der Waals surface area contributed by atoms with Crippen molar-refractivity contribution in [3.8, 4) is 0 Å². The van der Waals surface area contributed by atoms with Crippen LogP contribution in [0.4, 0.5) is 17.1 Å². The van der Waals surface area contributed by atoms with Crippen LogP contribution in [-0.4, -0.2) is 13.0 Å². The molecule has 1 atom stereocenters. The number of para-hydroxylation sites is 2. The summed E-state index contributed by atoms with van der Waals surface area (Å²) in [5, 5.41) is 3.63. The first-order valence-corrected chi connectivity index (χ1v) is 8.98. The van der Waals surface area contributed by atoms with Crippen molar-refractivity contribution in [1.29, 1.82) is 0 Å². The second-order valence-corrected chi connectivity index (χ2v) is 6.94. The highest BCUT2D eigenvalue weighted by atomic mass is 35.5. The lowest BCUT2D eigenvalue weighted by Gasteiger charge is -2.22. The lowest BCUT2D eigenvalue weighted by Crippen LogP contribution is -2.23. The molecule has 0 aromatic heterocycles. The van der Waals surface area contributed by atoms with Crippen molar-refractivity contribution < 1.29 is 4.79 Å². The standard InChI is InChI=1S/C22H19ClN2O/c1-25-20-11-4-2-7-15(20)13-19(18-10-3-5-12-21(18)25)22(26)24-17-9-6-8-16(23)14-17/h2-12,14,19H,13H2,1H3,(H,24,26)/t19-/m0/s1. The summed E-state index contributed by atoms with van der Waals surface area (Å²) in [7, 11) is 2.05. The van der Waals surface area contributed by atoms with Gasteiger partial charge in [0.2, 0.25) is 5.91 Å². The van der Waals surface area contributed by atoms with Crippen molar-refractivity contribution in [2.24, 2.45) is 0 Å². The average Bonchev–Trinajstić information content (AvgIpc) is 2.77. The van der Waals surface area contributed by atoms with E-state index in [9.17, 15) is 4.79 Å². The Morgan fingerprint density at radius 3 is 2.54 bits per heavy atom. The third-order valence-corrected chi connectivity index (χ3v) is 5.09. The van der Waals surface area contributed by atoms with E-state index in [4.69, 9.17) is 11.6 Å². The topological polar surface area (TPSA) is 32.3 Å². The summed E-state index contributed by atoms with van der Waals surface area (Å²) >= 11 is 6.05. The molecule has 1 heterocycles. The fraction of sp³-hybridized carbons (Fsp3) is 0.136. The van der Waals surface area contributed by atoms with Gasteiger partial charge in [0.15, 0.2) is 0 Å². The summed E-state index contributed by atoms with van der Waals surface area (Å²) in [5.41, 5.74) is 5.11. The quantitative estimate of drug-likeness (QED) is 0.663. The zero-order valence-corrected chi connectivity index (χ0v) is 15.2. The predicted molar refractivity (Wildman–Crippen MR) is 107 cm³/mol. The van der Waals surface area contributed by atoms with Crippen LogP contribution in [0.5, 0.6) is 0 Å². The first-order chi connectivity index (χ1) is 12.6. The molecule has 0 fully saturated rings. The third-order valence-electron chi connectivity index (χ3n) is 4.86. The first kappa shape index (κ1) is 16.7. The van der Waals surface area contributed by atoms with Crippen LogP contribution < -0.4 is 10.2 Å². The molecule has 0 saturated carbocycles. The number of amides is 1. The molecule has 3 nitrogen and oxygen atoms in total. The zero-order chi connectivity index (χ0) is 18.1. The van der Waals surface area contributed by atoms with Crippen molar-refractivity contribution in [1.82, 2.24) is 0 Å². The van der Waals surface area contributed by atoms with E-state index in [1.54, 1.807) is 12.1 Å². The number of hydrogen-bond acceptors (Lipinski definition) is 2. The largest absolute Gasteiger partial charge is 0.344 e. The summed E-state index contributed by atoms with van der Waals surface area (Å²) in [6.07, 6.45) is 0.657. The van der Waals surface area contributed by atoms with E-state index in [2.05, 4.69) is 35.5 Å². The van der Waals surface area contributed by atoms with Gasteiger partial charge in [-0.3, -0.25) is 4.79 Å². The number of carbonyl (C=O) groups excluding carboxylic acids is 1. The minimum Gasteiger partial charge on any atom is -0.344 e. The van der Waals surface area contributed by atoms with E-state index in [1.807, 2.05) is 42.5 Å². The van der Waals surface area contributed by atoms with Crippen molar-refractivity contribution in [2.75, 3.05) is 17.3 Å². The Bertz CT molecular complexity index is 970. The second-order valence-electron chi connectivity index (χ2n) is 6.50. The van der Waals surface area contributed by atoms with E-state index in [0.717, 1.165) is 22.5 Å². The molecular weight excluding hydrogens is 344 g/mol. The molecule has 3 aromatic rings. The molecule has 0 radical (unpaired) electrons. The number of anilines is 3. The Morgan fingerprint density at radius 2 is 1.73 bits per heavy atom. The Morgan fingerprint density at radius 1 is 1.00 bits per heavy atom. The summed E-state index contributed by atoms with van der Waals surface area (Å²) in [6.45, 7) is 0. The van der Waals surface area contributed by atoms with E-state index in [0.29, 0.717) is 17.1 Å². The summed E-state index contributed by atoms with van der Waals surface area (Å²) < 4.78 is 0. The molecule has 3 aromatic carbocycles. The first-order valence-electron chi connectivity index (χ1n) is 8.60. The monoisotopic (exact) mass is 362 g/mol. The van der Waals surface area contributed by atoms with E-state index in [1.165, 1.54) is 0 Å². The van der Waals surface area contributed by atoms with Crippen LogP contribution in [-0.2, 0) is 11.2 Å². The molecule has 1 amide bonds. The van der Waals surface area contributed by atoms with Crippen molar-refractivity contribution in [3.63, 3.8) is 0 Å². The molecule has 0 spiro atoms. The lowest BCUT2D eigenvalue weighted by atomic mass is 9.91. The van der Waals surface area contributed by atoms with Gasteiger partial charge in [-0.25, -0.2) is 0 Å². The molecule has 1 aliphatic rings. The van der Waals surface area contributed by atoms with E-state index >= 15 is 0 Å². The van der Waals surface area contributed by atoms with Crippen LogP contribution in [0, 0.1) is 0 Å². The van der Waals surface area contributed by atoms with Crippen molar-refractivity contribution in [2.45, 2.75) is 12.3 Å². The highest BCUT2D eigenvalue weighted by Gasteiger charge is 2.29. The van der Waals surface area contributed by atoms with Gasteiger partial charge in [-0.15, -0.1) is 0 Å². The maximum atomic E-state index is 13.1. The number of halogens is 1. The number of carbonyl (C=O) groups is 1. The Kier molecular flexibility index (Phi) is 4.39. The highest BCUT2D eigenvalue weighted by molar-refractivity contribution is 6.30. The molecule has 0 unspecified atom stereocenters. The van der Waals surface area contributed by atoms with Gasteiger partial charge in [-0.2, -0.15) is 0 Å². The molecule has 0 bridgehead atoms.